The minimum atomic E-state index is -0.156. The van der Waals surface area contributed by atoms with Gasteiger partial charge in [-0.2, -0.15) is 5.10 Å². The first-order chi connectivity index (χ1) is 9.41. The third-order valence-corrected chi connectivity index (χ3v) is 2.90. The van der Waals surface area contributed by atoms with E-state index < -0.39 is 0 Å². The summed E-state index contributed by atoms with van der Waals surface area (Å²) in [4.78, 5) is 21.6. The number of hydrogen-bond acceptors (Lipinski definition) is 5. The molecule has 0 aliphatic rings. The third-order valence-electron chi connectivity index (χ3n) is 2.90. The lowest BCUT2D eigenvalue weighted by Crippen LogP contribution is -2.22. The zero-order valence-corrected chi connectivity index (χ0v) is 12.0. The van der Waals surface area contributed by atoms with Crippen LogP contribution in [-0.4, -0.2) is 44.7 Å². The molecule has 0 aliphatic heterocycles. The van der Waals surface area contributed by atoms with Crippen LogP contribution in [0.15, 0.2) is 18.6 Å². The molecular formula is C13H18N6O. The molecule has 2 heterocycles. The molecule has 0 saturated carbocycles. The third kappa shape index (κ3) is 2.47. The van der Waals surface area contributed by atoms with Crippen molar-refractivity contribution in [1.82, 2.24) is 24.6 Å². The Labute approximate surface area is 117 Å². The van der Waals surface area contributed by atoms with Gasteiger partial charge in [0.25, 0.3) is 5.91 Å². The Bertz CT molecular complexity index is 632. The highest BCUT2D eigenvalue weighted by Crippen LogP contribution is 2.24. The molecule has 0 saturated heterocycles. The zero-order valence-electron chi connectivity index (χ0n) is 12.0. The van der Waals surface area contributed by atoms with Crippen molar-refractivity contribution in [3.63, 3.8) is 0 Å². The summed E-state index contributed by atoms with van der Waals surface area (Å²) in [5.41, 5.74) is 7.09. The van der Waals surface area contributed by atoms with Gasteiger partial charge in [0.15, 0.2) is 11.5 Å². The first-order valence-electron chi connectivity index (χ1n) is 6.30. The summed E-state index contributed by atoms with van der Waals surface area (Å²) >= 11 is 0. The summed E-state index contributed by atoms with van der Waals surface area (Å²) in [6, 6.07) is 1.66. The van der Waals surface area contributed by atoms with E-state index >= 15 is 0 Å². The van der Waals surface area contributed by atoms with Gasteiger partial charge in [0.1, 0.15) is 12.1 Å². The van der Waals surface area contributed by atoms with Crippen LogP contribution in [-0.2, 0) is 0 Å². The van der Waals surface area contributed by atoms with Crippen molar-refractivity contribution in [2.24, 2.45) is 0 Å². The fraction of sp³-hybridized carbons (Fsp3) is 0.385. The second-order valence-electron chi connectivity index (χ2n) is 5.00. The van der Waals surface area contributed by atoms with E-state index in [0.29, 0.717) is 17.3 Å². The van der Waals surface area contributed by atoms with Gasteiger partial charge in [-0.3, -0.25) is 4.79 Å². The lowest BCUT2D eigenvalue weighted by Gasteiger charge is -2.13. The van der Waals surface area contributed by atoms with Crippen molar-refractivity contribution in [3.05, 3.63) is 29.8 Å². The molecule has 0 spiro atoms. The number of nitrogens with zero attached hydrogens (tertiary/aromatic N) is 5. The average molecular weight is 274 g/mol. The van der Waals surface area contributed by atoms with Crippen LogP contribution in [0.25, 0.3) is 5.82 Å². The van der Waals surface area contributed by atoms with Gasteiger partial charge in [0.05, 0.1) is 0 Å². The molecule has 106 valence electrons. The lowest BCUT2D eigenvalue weighted by atomic mass is 10.1. The fourth-order valence-corrected chi connectivity index (χ4v) is 1.92. The van der Waals surface area contributed by atoms with Crippen LogP contribution in [0.1, 0.15) is 35.8 Å². The Balaban J connectivity index is 2.48. The van der Waals surface area contributed by atoms with Gasteiger partial charge in [0, 0.05) is 25.9 Å². The smallest absolute Gasteiger partial charge is 0.273 e. The summed E-state index contributed by atoms with van der Waals surface area (Å²) in [6.07, 6.45) is 3.09. The summed E-state index contributed by atoms with van der Waals surface area (Å²) in [7, 11) is 3.37. The molecule has 0 fully saturated rings. The molecule has 20 heavy (non-hydrogen) atoms. The first kappa shape index (κ1) is 14.0. The molecule has 0 unspecified atom stereocenters. The maximum Gasteiger partial charge on any atom is 0.273 e. The van der Waals surface area contributed by atoms with E-state index in [9.17, 15) is 4.79 Å². The van der Waals surface area contributed by atoms with Crippen molar-refractivity contribution < 1.29 is 4.79 Å². The normalized spacial score (nSPS) is 10.8. The summed E-state index contributed by atoms with van der Waals surface area (Å²) in [5, 5.41) is 4.27. The number of nitrogen functional groups attached to an aromatic ring is 1. The number of carbonyl (C=O) groups excluding carboxylic acids is 1. The largest absolute Gasteiger partial charge is 0.383 e. The second-order valence-corrected chi connectivity index (χ2v) is 5.00. The predicted molar refractivity (Wildman–Crippen MR) is 75.7 cm³/mol. The van der Waals surface area contributed by atoms with Gasteiger partial charge >= 0.3 is 0 Å². The van der Waals surface area contributed by atoms with E-state index in [1.165, 1.54) is 11.2 Å². The molecule has 2 aromatic heterocycles. The van der Waals surface area contributed by atoms with Crippen LogP contribution in [0.2, 0.25) is 0 Å². The Morgan fingerprint density at radius 1 is 1.35 bits per heavy atom. The molecule has 0 radical (unpaired) electrons. The minimum absolute atomic E-state index is 0.156. The highest BCUT2D eigenvalue weighted by Gasteiger charge is 2.17. The van der Waals surface area contributed by atoms with Gasteiger partial charge in [-0.25, -0.2) is 14.6 Å². The van der Waals surface area contributed by atoms with Gasteiger partial charge in [-0.1, -0.05) is 13.8 Å². The zero-order chi connectivity index (χ0) is 14.9. The van der Waals surface area contributed by atoms with Crippen LogP contribution >= 0.6 is 0 Å². The monoisotopic (exact) mass is 274 g/mol. The molecule has 2 aromatic rings. The molecule has 0 bridgehead atoms. The van der Waals surface area contributed by atoms with Crippen LogP contribution in [0.3, 0.4) is 0 Å². The van der Waals surface area contributed by atoms with E-state index in [1.807, 2.05) is 13.8 Å². The van der Waals surface area contributed by atoms with Crippen LogP contribution < -0.4 is 5.73 Å². The summed E-state index contributed by atoms with van der Waals surface area (Å²) in [6.45, 7) is 4.02. The Morgan fingerprint density at radius 2 is 2.05 bits per heavy atom. The maximum atomic E-state index is 11.9. The molecular weight excluding hydrogens is 256 g/mol. The summed E-state index contributed by atoms with van der Waals surface area (Å²) in [5.74, 6) is 1.03. The number of carbonyl (C=O) groups is 1. The van der Waals surface area contributed by atoms with Gasteiger partial charge < -0.3 is 10.6 Å². The summed E-state index contributed by atoms with van der Waals surface area (Å²) < 4.78 is 1.56. The van der Waals surface area contributed by atoms with Gasteiger partial charge in [0.2, 0.25) is 0 Å². The average Bonchev–Trinajstić information content (AvgIpc) is 2.86. The van der Waals surface area contributed by atoms with Crippen molar-refractivity contribution in [2.45, 2.75) is 19.8 Å². The number of amides is 1. The molecule has 1 amide bonds. The number of aromatic nitrogens is 4. The molecule has 0 atom stereocenters. The van der Waals surface area contributed by atoms with E-state index in [1.54, 1.807) is 31.0 Å². The van der Waals surface area contributed by atoms with Gasteiger partial charge in [-0.15, -0.1) is 0 Å². The Morgan fingerprint density at radius 3 is 2.65 bits per heavy atom. The van der Waals surface area contributed by atoms with E-state index in [-0.39, 0.29) is 11.8 Å². The Hall–Kier alpha value is -2.44. The topological polar surface area (TPSA) is 89.9 Å². The lowest BCUT2D eigenvalue weighted by molar-refractivity contribution is 0.0821. The molecule has 0 aliphatic carbocycles. The Kier molecular flexibility index (Phi) is 3.69. The predicted octanol–water partition coefficient (Wildman–Crippen LogP) is 1.07. The molecule has 7 nitrogen and oxygen atoms in total. The van der Waals surface area contributed by atoms with E-state index in [0.717, 1.165) is 5.56 Å². The van der Waals surface area contributed by atoms with Crippen molar-refractivity contribution in [3.8, 4) is 5.82 Å². The highest BCUT2D eigenvalue weighted by atomic mass is 16.2. The first-order valence-corrected chi connectivity index (χ1v) is 6.30. The maximum absolute atomic E-state index is 11.9. The quantitative estimate of drug-likeness (QED) is 0.904. The standard InChI is InChI=1S/C13H18N6O/c1-8(2)10-11(14)15-7-16-12(10)19-6-5-9(17-19)13(20)18(3)4/h5-8H,1-4H3,(H2,14,15,16). The van der Waals surface area contributed by atoms with Crippen molar-refractivity contribution in [1.29, 1.82) is 0 Å². The van der Waals surface area contributed by atoms with E-state index in [4.69, 9.17) is 5.73 Å². The number of anilines is 1. The molecule has 2 N–H and O–H groups in total. The number of nitrogens with two attached hydrogens (primary N) is 1. The molecule has 0 aromatic carbocycles. The second kappa shape index (κ2) is 5.28. The van der Waals surface area contributed by atoms with Crippen LogP contribution in [0.4, 0.5) is 5.82 Å². The van der Waals surface area contributed by atoms with Crippen LogP contribution in [0.5, 0.6) is 0 Å². The molecule has 2 rings (SSSR count). The minimum Gasteiger partial charge on any atom is -0.383 e. The van der Waals surface area contributed by atoms with Gasteiger partial charge in [-0.05, 0) is 12.0 Å². The van der Waals surface area contributed by atoms with E-state index in [2.05, 4.69) is 15.1 Å². The SMILES string of the molecule is CC(C)c1c(N)ncnc1-n1ccc(C(=O)N(C)C)n1. The van der Waals surface area contributed by atoms with Crippen molar-refractivity contribution >= 4 is 11.7 Å². The highest BCUT2D eigenvalue weighted by molar-refractivity contribution is 5.91. The van der Waals surface area contributed by atoms with Crippen molar-refractivity contribution in [2.75, 3.05) is 19.8 Å². The number of hydrogen-bond donors (Lipinski definition) is 1. The molecule has 7 heteroatoms. The number of rotatable bonds is 3. The van der Waals surface area contributed by atoms with Crippen LogP contribution in [0, 0.1) is 0 Å². The fourth-order valence-electron chi connectivity index (χ4n) is 1.92.